The van der Waals surface area contributed by atoms with Gasteiger partial charge in [0.05, 0.1) is 13.2 Å². The van der Waals surface area contributed by atoms with Crippen LogP contribution in [0.4, 0.5) is 0 Å². The number of unbranched alkanes of at least 4 members (excludes halogenated alkanes) is 1. The number of hydrogen-bond acceptors (Lipinski definition) is 4. The van der Waals surface area contributed by atoms with Crippen LogP contribution in [0.1, 0.15) is 25.3 Å². The third-order valence-corrected chi connectivity index (χ3v) is 2.82. The number of nitrogens with one attached hydrogen (secondary N) is 1. The molecule has 1 N–H and O–H groups in total. The van der Waals surface area contributed by atoms with E-state index in [2.05, 4.69) is 12.2 Å². The Morgan fingerprint density at radius 1 is 1.10 bits per heavy atom. The van der Waals surface area contributed by atoms with Gasteiger partial charge in [-0.25, -0.2) is 0 Å². The van der Waals surface area contributed by atoms with Gasteiger partial charge in [-0.1, -0.05) is 25.5 Å². The Morgan fingerprint density at radius 2 is 1.95 bits per heavy atom. The highest BCUT2D eigenvalue weighted by atomic mass is 16.5. The summed E-state index contributed by atoms with van der Waals surface area (Å²) in [5.41, 5.74) is 1.13. The van der Waals surface area contributed by atoms with Crippen molar-refractivity contribution in [3.63, 3.8) is 0 Å². The highest BCUT2D eigenvalue weighted by molar-refractivity contribution is 5.28. The number of hydrogen-bond donors (Lipinski definition) is 1. The van der Waals surface area contributed by atoms with Gasteiger partial charge >= 0.3 is 0 Å². The highest BCUT2D eigenvalue weighted by Crippen LogP contribution is 2.13. The predicted octanol–water partition coefficient (Wildman–Crippen LogP) is 2.62. The summed E-state index contributed by atoms with van der Waals surface area (Å²) in [5, 5.41) is 3.30. The monoisotopic (exact) mass is 281 g/mol. The molecule has 0 saturated heterocycles. The van der Waals surface area contributed by atoms with Crippen LogP contribution in [0.5, 0.6) is 5.75 Å². The maximum Gasteiger partial charge on any atom is 0.119 e. The molecule has 0 aliphatic rings. The standard InChI is InChI=1S/C16H27NO3/c1-3-4-10-19-11-8-17-9-12-20-16-7-5-6-15(13-16)14-18-2/h5-7,13,17H,3-4,8-12,14H2,1-2H3. The van der Waals surface area contributed by atoms with Gasteiger partial charge in [0.1, 0.15) is 12.4 Å². The minimum atomic E-state index is 0.616. The number of ether oxygens (including phenoxy) is 3. The lowest BCUT2D eigenvalue weighted by Gasteiger charge is -2.09. The van der Waals surface area contributed by atoms with Crippen LogP contribution in [0.25, 0.3) is 0 Å². The summed E-state index contributed by atoms with van der Waals surface area (Å²) in [7, 11) is 1.69. The maximum atomic E-state index is 5.68. The second kappa shape index (κ2) is 11.7. The van der Waals surface area contributed by atoms with Crippen LogP contribution in [-0.4, -0.2) is 40.0 Å². The second-order valence-electron chi connectivity index (χ2n) is 4.64. The van der Waals surface area contributed by atoms with Crippen molar-refractivity contribution >= 4 is 0 Å². The Morgan fingerprint density at radius 3 is 2.75 bits per heavy atom. The number of benzene rings is 1. The Labute approximate surface area is 122 Å². The quantitative estimate of drug-likeness (QED) is 0.598. The maximum absolute atomic E-state index is 5.68. The largest absolute Gasteiger partial charge is 0.492 e. The molecule has 0 heterocycles. The van der Waals surface area contributed by atoms with Crippen molar-refractivity contribution in [2.24, 2.45) is 0 Å². The minimum Gasteiger partial charge on any atom is -0.492 e. The van der Waals surface area contributed by atoms with Gasteiger partial charge in [-0.2, -0.15) is 0 Å². The molecular weight excluding hydrogens is 254 g/mol. The minimum absolute atomic E-state index is 0.616. The molecule has 1 aromatic rings. The summed E-state index contributed by atoms with van der Waals surface area (Å²) in [6, 6.07) is 7.99. The van der Waals surface area contributed by atoms with Crippen molar-refractivity contribution in [2.45, 2.75) is 26.4 Å². The molecule has 0 aliphatic carbocycles. The van der Waals surface area contributed by atoms with E-state index in [-0.39, 0.29) is 0 Å². The Kier molecular flexibility index (Phi) is 9.92. The van der Waals surface area contributed by atoms with Crippen LogP contribution in [-0.2, 0) is 16.1 Å². The van der Waals surface area contributed by atoms with E-state index >= 15 is 0 Å². The van der Waals surface area contributed by atoms with Crippen LogP contribution < -0.4 is 10.1 Å². The molecule has 4 nitrogen and oxygen atoms in total. The van der Waals surface area contributed by atoms with Gasteiger partial charge in [0.15, 0.2) is 0 Å². The molecule has 0 unspecified atom stereocenters. The molecule has 0 bridgehead atoms. The van der Waals surface area contributed by atoms with Crippen molar-refractivity contribution in [3.8, 4) is 5.75 Å². The van der Waals surface area contributed by atoms with Gasteiger partial charge in [0, 0.05) is 26.8 Å². The Balaban J connectivity index is 2.02. The van der Waals surface area contributed by atoms with E-state index in [1.807, 2.05) is 24.3 Å². The molecule has 0 radical (unpaired) electrons. The van der Waals surface area contributed by atoms with Crippen LogP contribution >= 0.6 is 0 Å². The first-order chi connectivity index (χ1) is 9.86. The summed E-state index contributed by atoms with van der Waals surface area (Å²) >= 11 is 0. The fraction of sp³-hybridized carbons (Fsp3) is 0.625. The normalized spacial score (nSPS) is 10.7. The molecule has 114 valence electrons. The third kappa shape index (κ3) is 8.15. The van der Waals surface area contributed by atoms with E-state index in [4.69, 9.17) is 14.2 Å². The Bertz CT molecular complexity index is 344. The van der Waals surface area contributed by atoms with E-state index < -0.39 is 0 Å². The predicted molar refractivity (Wildman–Crippen MR) is 81.2 cm³/mol. The summed E-state index contributed by atoms with van der Waals surface area (Å²) in [6.07, 6.45) is 2.32. The molecule has 0 aliphatic heterocycles. The molecule has 4 heteroatoms. The lowest BCUT2D eigenvalue weighted by molar-refractivity contribution is 0.132. The summed E-state index contributed by atoms with van der Waals surface area (Å²) < 4.78 is 16.2. The smallest absolute Gasteiger partial charge is 0.119 e. The van der Waals surface area contributed by atoms with Crippen molar-refractivity contribution in [1.29, 1.82) is 0 Å². The molecule has 0 spiro atoms. The fourth-order valence-electron chi connectivity index (χ4n) is 1.75. The molecule has 0 aromatic heterocycles. The van der Waals surface area contributed by atoms with Gasteiger partial charge in [0.25, 0.3) is 0 Å². The first-order valence-electron chi connectivity index (χ1n) is 7.36. The van der Waals surface area contributed by atoms with E-state index in [1.165, 1.54) is 6.42 Å². The van der Waals surface area contributed by atoms with E-state index in [1.54, 1.807) is 7.11 Å². The average Bonchev–Trinajstić information content (AvgIpc) is 2.46. The molecule has 1 aromatic carbocycles. The first-order valence-corrected chi connectivity index (χ1v) is 7.36. The third-order valence-electron chi connectivity index (χ3n) is 2.82. The van der Waals surface area contributed by atoms with Gasteiger partial charge in [-0.3, -0.25) is 0 Å². The van der Waals surface area contributed by atoms with E-state index in [9.17, 15) is 0 Å². The van der Waals surface area contributed by atoms with Crippen LogP contribution in [0.3, 0.4) is 0 Å². The van der Waals surface area contributed by atoms with Crippen LogP contribution in [0, 0.1) is 0 Å². The molecule has 0 amide bonds. The van der Waals surface area contributed by atoms with E-state index in [0.29, 0.717) is 13.2 Å². The van der Waals surface area contributed by atoms with Crippen molar-refractivity contribution in [1.82, 2.24) is 5.32 Å². The molecule has 1 rings (SSSR count). The Hall–Kier alpha value is -1.10. The molecule has 0 atom stereocenters. The number of rotatable bonds is 12. The SMILES string of the molecule is CCCCOCCNCCOc1cccc(COC)c1. The average molecular weight is 281 g/mol. The van der Waals surface area contributed by atoms with Crippen molar-refractivity contribution < 1.29 is 14.2 Å². The van der Waals surface area contributed by atoms with E-state index in [0.717, 1.165) is 44.0 Å². The first kappa shape index (κ1) is 17.0. The summed E-state index contributed by atoms with van der Waals surface area (Å²) in [6.45, 7) is 6.77. The molecule has 20 heavy (non-hydrogen) atoms. The lowest BCUT2D eigenvalue weighted by atomic mass is 10.2. The lowest BCUT2D eigenvalue weighted by Crippen LogP contribution is -2.25. The van der Waals surface area contributed by atoms with Crippen molar-refractivity contribution in [2.75, 3.05) is 40.0 Å². The summed E-state index contributed by atoms with van der Waals surface area (Å²) in [4.78, 5) is 0. The van der Waals surface area contributed by atoms with Gasteiger partial charge < -0.3 is 19.5 Å². The highest BCUT2D eigenvalue weighted by Gasteiger charge is 1.96. The van der Waals surface area contributed by atoms with Crippen LogP contribution in [0.2, 0.25) is 0 Å². The number of methoxy groups -OCH3 is 1. The van der Waals surface area contributed by atoms with Gasteiger partial charge in [-0.15, -0.1) is 0 Å². The zero-order valence-corrected chi connectivity index (χ0v) is 12.7. The zero-order valence-electron chi connectivity index (χ0n) is 12.7. The van der Waals surface area contributed by atoms with Gasteiger partial charge in [0.2, 0.25) is 0 Å². The molecule has 0 saturated carbocycles. The van der Waals surface area contributed by atoms with Gasteiger partial charge in [-0.05, 0) is 24.1 Å². The summed E-state index contributed by atoms with van der Waals surface area (Å²) in [5.74, 6) is 0.889. The van der Waals surface area contributed by atoms with Crippen LogP contribution in [0.15, 0.2) is 24.3 Å². The second-order valence-corrected chi connectivity index (χ2v) is 4.64. The van der Waals surface area contributed by atoms with Crippen molar-refractivity contribution in [3.05, 3.63) is 29.8 Å². The zero-order chi connectivity index (χ0) is 14.5. The fourth-order valence-corrected chi connectivity index (χ4v) is 1.75. The topological polar surface area (TPSA) is 39.7 Å². The molecule has 0 fully saturated rings. The molecular formula is C16H27NO3.